The lowest BCUT2D eigenvalue weighted by molar-refractivity contribution is -0.142. The molecule has 1 N–H and O–H groups in total. The van der Waals surface area contributed by atoms with Crippen LogP contribution in [0.5, 0.6) is 5.75 Å². The summed E-state index contributed by atoms with van der Waals surface area (Å²) in [6, 6.07) is 12.4. The van der Waals surface area contributed by atoms with E-state index < -0.39 is 11.6 Å². The lowest BCUT2D eigenvalue weighted by Gasteiger charge is -2.31. The smallest absolute Gasteiger partial charge is 0.261 e. The standard InChI is InChI=1S/C26H34BrClN2O3/c1-17(24(32)29-26(5,6)7)30(15-18-8-11-20(28)12-9-18)23(31)16-33-22-13-10-19(14-21(22)27)25(2,3)4/h8-14,17H,15-16H2,1-7H3,(H,29,32). The van der Waals surface area contributed by atoms with E-state index in [1.807, 2.05) is 51.1 Å². The third-order valence-corrected chi connectivity index (χ3v) is 5.95. The Balaban J connectivity index is 2.20. The first kappa shape index (κ1) is 27.2. The van der Waals surface area contributed by atoms with E-state index in [1.165, 1.54) is 4.90 Å². The van der Waals surface area contributed by atoms with Gasteiger partial charge in [0.1, 0.15) is 11.8 Å². The molecule has 7 heteroatoms. The second kappa shape index (κ2) is 10.9. The summed E-state index contributed by atoms with van der Waals surface area (Å²) in [5.74, 6) is 0.0726. The van der Waals surface area contributed by atoms with Crippen molar-refractivity contribution < 1.29 is 14.3 Å². The summed E-state index contributed by atoms with van der Waals surface area (Å²) in [7, 11) is 0. The fraction of sp³-hybridized carbons (Fsp3) is 0.462. The van der Waals surface area contributed by atoms with Crippen molar-refractivity contribution in [1.29, 1.82) is 0 Å². The van der Waals surface area contributed by atoms with E-state index in [1.54, 1.807) is 19.1 Å². The average Bonchev–Trinajstić information content (AvgIpc) is 2.69. The minimum absolute atomic E-state index is 0.00208. The molecule has 0 saturated carbocycles. The average molecular weight is 538 g/mol. The maximum absolute atomic E-state index is 13.2. The number of carbonyl (C=O) groups is 2. The maximum Gasteiger partial charge on any atom is 0.261 e. The molecule has 1 unspecified atom stereocenters. The molecule has 0 aromatic heterocycles. The Morgan fingerprint density at radius 3 is 2.18 bits per heavy atom. The van der Waals surface area contributed by atoms with Gasteiger partial charge in [-0.25, -0.2) is 0 Å². The van der Waals surface area contributed by atoms with Crippen LogP contribution >= 0.6 is 27.5 Å². The van der Waals surface area contributed by atoms with Crippen LogP contribution in [0.2, 0.25) is 5.02 Å². The number of ether oxygens (including phenoxy) is 1. The molecule has 1 atom stereocenters. The van der Waals surface area contributed by atoms with Crippen LogP contribution in [0, 0.1) is 0 Å². The highest BCUT2D eigenvalue weighted by molar-refractivity contribution is 9.10. The minimum Gasteiger partial charge on any atom is -0.483 e. The largest absolute Gasteiger partial charge is 0.483 e. The molecule has 0 saturated heterocycles. The van der Waals surface area contributed by atoms with Crippen LogP contribution in [-0.4, -0.2) is 34.9 Å². The Kier molecular flexibility index (Phi) is 9.00. The van der Waals surface area contributed by atoms with Gasteiger partial charge in [-0.05, 0) is 84.4 Å². The van der Waals surface area contributed by atoms with Crippen LogP contribution in [-0.2, 0) is 21.5 Å². The first-order chi connectivity index (χ1) is 15.2. The third kappa shape index (κ3) is 8.35. The third-order valence-electron chi connectivity index (χ3n) is 5.08. The summed E-state index contributed by atoms with van der Waals surface area (Å²) >= 11 is 9.54. The van der Waals surface area contributed by atoms with E-state index in [0.29, 0.717) is 10.8 Å². The number of hydrogen-bond donors (Lipinski definition) is 1. The van der Waals surface area contributed by atoms with Gasteiger partial charge in [0.2, 0.25) is 5.91 Å². The monoisotopic (exact) mass is 536 g/mol. The maximum atomic E-state index is 13.2. The quantitative estimate of drug-likeness (QED) is 0.463. The Morgan fingerprint density at radius 2 is 1.67 bits per heavy atom. The molecule has 2 rings (SSSR count). The SMILES string of the molecule is CC(C(=O)NC(C)(C)C)N(Cc1ccc(Cl)cc1)C(=O)COc1ccc(C(C)(C)C)cc1Br. The van der Waals surface area contributed by atoms with Gasteiger partial charge in [0, 0.05) is 17.1 Å². The van der Waals surface area contributed by atoms with Crippen LogP contribution in [0.3, 0.4) is 0 Å². The Bertz CT molecular complexity index is 979. The van der Waals surface area contributed by atoms with Crippen molar-refractivity contribution in [3.05, 3.63) is 63.1 Å². The molecule has 0 heterocycles. The van der Waals surface area contributed by atoms with Gasteiger partial charge in [-0.15, -0.1) is 0 Å². The second-order valence-corrected chi connectivity index (χ2v) is 11.5. The molecule has 2 aromatic rings. The van der Waals surface area contributed by atoms with Crippen molar-refractivity contribution in [2.24, 2.45) is 0 Å². The van der Waals surface area contributed by atoms with Crippen molar-refractivity contribution in [1.82, 2.24) is 10.2 Å². The van der Waals surface area contributed by atoms with Gasteiger partial charge >= 0.3 is 0 Å². The van der Waals surface area contributed by atoms with E-state index in [2.05, 4.69) is 42.0 Å². The van der Waals surface area contributed by atoms with Crippen LogP contribution in [0.15, 0.2) is 46.9 Å². The van der Waals surface area contributed by atoms with E-state index >= 15 is 0 Å². The lowest BCUT2D eigenvalue weighted by atomic mass is 9.87. The van der Waals surface area contributed by atoms with E-state index in [0.717, 1.165) is 15.6 Å². The highest BCUT2D eigenvalue weighted by Crippen LogP contribution is 2.31. The number of amides is 2. The highest BCUT2D eigenvalue weighted by Gasteiger charge is 2.29. The predicted octanol–water partition coefficient (Wildman–Crippen LogP) is 6.11. The van der Waals surface area contributed by atoms with Gasteiger partial charge in [0.05, 0.1) is 4.47 Å². The molecular weight excluding hydrogens is 504 g/mol. The van der Waals surface area contributed by atoms with Crippen molar-refractivity contribution in [2.45, 2.75) is 72.0 Å². The van der Waals surface area contributed by atoms with Gasteiger partial charge in [-0.2, -0.15) is 0 Å². The first-order valence-electron chi connectivity index (χ1n) is 11.0. The molecule has 0 spiro atoms. The molecule has 0 radical (unpaired) electrons. The van der Waals surface area contributed by atoms with Gasteiger partial charge in [0.15, 0.2) is 6.61 Å². The zero-order valence-electron chi connectivity index (χ0n) is 20.5. The number of benzene rings is 2. The van der Waals surface area contributed by atoms with Crippen molar-refractivity contribution >= 4 is 39.3 Å². The summed E-state index contributed by atoms with van der Waals surface area (Å²) in [6.45, 7) is 13.9. The molecular formula is C26H34BrClN2O3. The predicted molar refractivity (Wildman–Crippen MR) is 138 cm³/mol. The number of carbonyl (C=O) groups excluding carboxylic acids is 2. The van der Waals surface area contributed by atoms with Gasteiger partial charge in [0.25, 0.3) is 5.91 Å². The topological polar surface area (TPSA) is 58.6 Å². The number of nitrogens with one attached hydrogen (secondary N) is 1. The summed E-state index contributed by atoms with van der Waals surface area (Å²) < 4.78 is 6.63. The van der Waals surface area contributed by atoms with Crippen LogP contribution < -0.4 is 10.1 Å². The minimum atomic E-state index is -0.678. The molecule has 33 heavy (non-hydrogen) atoms. The van der Waals surface area contributed by atoms with Crippen LogP contribution in [0.25, 0.3) is 0 Å². The fourth-order valence-corrected chi connectivity index (χ4v) is 3.77. The highest BCUT2D eigenvalue weighted by atomic mass is 79.9. The van der Waals surface area contributed by atoms with Crippen molar-refractivity contribution in [3.8, 4) is 5.75 Å². The normalized spacial score (nSPS) is 12.8. The van der Waals surface area contributed by atoms with Crippen molar-refractivity contribution in [3.63, 3.8) is 0 Å². The number of halogens is 2. The number of nitrogens with zero attached hydrogens (tertiary/aromatic N) is 1. The summed E-state index contributed by atoms with van der Waals surface area (Å²) in [4.78, 5) is 27.6. The summed E-state index contributed by atoms with van der Waals surface area (Å²) in [5, 5.41) is 3.56. The summed E-state index contributed by atoms with van der Waals surface area (Å²) in [6.07, 6.45) is 0. The van der Waals surface area contributed by atoms with Crippen molar-refractivity contribution in [2.75, 3.05) is 6.61 Å². The Labute approximate surface area is 211 Å². The zero-order valence-corrected chi connectivity index (χ0v) is 22.8. The fourth-order valence-electron chi connectivity index (χ4n) is 3.15. The number of hydrogen-bond acceptors (Lipinski definition) is 3. The Morgan fingerprint density at radius 1 is 1.06 bits per heavy atom. The van der Waals surface area contributed by atoms with E-state index in [9.17, 15) is 9.59 Å². The van der Waals surface area contributed by atoms with Gasteiger partial charge < -0.3 is 15.0 Å². The van der Waals surface area contributed by atoms with Crippen LogP contribution in [0.4, 0.5) is 0 Å². The molecule has 2 amide bonds. The lowest BCUT2D eigenvalue weighted by Crippen LogP contribution is -2.53. The van der Waals surface area contributed by atoms with Crippen LogP contribution in [0.1, 0.15) is 59.6 Å². The molecule has 0 fully saturated rings. The number of rotatable bonds is 7. The molecule has 2 aromatic carbocycles. The molecule has 5 nitrogen and oxygen atoms in total. The van der Waals surface area contributed by atoms with E-state index in [4.69, 9.17) is 16.3 Å². The first-order valence-corrected chi connectivity index (χ1v) is 12.1. The second-order valence-electron chi connectivity index (χ2n) is 10.2. The van der Waals surface area contributed by atoms with E-state index in [-0.39, 0.29) is 30.4 Å². The van der Waals surface area contributed by atoms with Gasteiger partial charge in [-0.3, -0.25) is 9.59 Å². The molecule has 0 aliphatic rings. The van der Waals surface area contributed by atoms with Gasteiger partial charge in [-0.1, -0.05) is 50.6 Å². The molecule has 180 valence electrons. The zero-order chi connectivity index (χ0) is 25.0. The molecule has 0 bridgehead atoms. The molecule has 0 aliphatic carbocycles. The molecule has 0 aliphatic heterocycles. The summed E-state index contributed by atoms with van der Waals surface area (Å²) in [5.41, 5.74) is 1.63. The Hall–Kier alpha value is -2.05.